The average molecular weight is 360 g/mol. The van der Waals surface area contributed by atoms with Crippen molar-refractivity contribution in [2.24, 2.45) is 0 Å². The molecule has 114 valence electrons. The van der Waals surface area contributed by atoms with E-state index in [9.17, 15) is 9.59 Å². The molecule has 0 spiro atoms. The number of hydrogen-bond donors (Lipinski definition) is 0. The molecule has 0 unspecified atom stereocenters. The molecule has 0 radical (unpaired) electrons. The predicted molar refractivity (Wildman–Crippen MR) is 92.7 cm³/mol. The minimum absolute atomic E-state index is 0.0942. The lowest BCUT2D eigenvalue weighted by molar-refractivity contribution is -0.119. The Morgan fingerprint density at radius 3 is 2.09 bits per heavy atom. The summed E-state index contributed by atoms with van der Waals surface area (Å²) in [4.78, 5) is 26.7. The lowest BCUT2D eigenvalue weighted by Gasteiger charge is -2.26. The number of para-hydroxylation sites is 1. The van der Waals surface area contributed by atoms with E-state index in [1.165, 1.54) is 4.90 Å². The number of anilines is 1. The predicted octanol–water partition coefficient (Wildman–Crippen LogP) is 4.05. The summed E-state index contributed by atoms with van der Waals surface area (Å²) in [6, 6.07) is 16.2. The molecule has 22 heavy (non-hydrogen) atoms. The van der Waals surface area contributed by atoms with Gasteiger partial charge in [0.1, 0.15) is 0 Å². The summed E-state index contributed by atoms with van der Waals surface area (Å²) in [7, 11) is 1.68. The van der Waals surface area contributed by atoms with E-state index in [0.717, 1.165) is 0 Å². The van der Waals surface area contributed by atoms with Crippen LogP contribution >= 0.6 is 15.9 Å². The molecule has 0 bridgehead atoms. The second-order valence-electron chi connectivity index (χ2n) is 5.55. The maximum Gasteiger partial charge on any atom is 0.243 e. The number of alkyl halides is 1. The van der Waals surface area contributed by atoms with Gasteiger partial charge in [-0.15, -0.1) is 0 Å². The normalized spacial score (nSPS) is 11.1. The summed E-state index contributed by atoms with van der Waals surface area (Å²) >= 11 is 3.37. The minimum Gasteiger partial charge on any atom is -0.314 e. The van der Waals surface area contributed by atoms with Gasteiger partial charge in [-0.05, 0) is 26.0 Å². The number of nitrogens with zero attached hydrogens (tertiary/aromatic N) is 1. The van der Waals surface area contributed by atoms with E-state index in [2.05, 4.69) is 15.9 Å². The minimum atomic E-state index is -0.690. The zero-order valence-corrected chi connectivity index (χ0v) is 14.4. The Kier molecular flexibility index (Phi) is 4.81. The summed E-state index contributed by atoms with van der Waals surface area (Å²) in [6.07, 6.45) is 0. The molecule has 0 aliphatic heterocycles. The molecule has 0 N–H and O–H groups in total. The van der Waals surface area contributed by atoms with Crippen LogP contribution in [0, 0.1) is 0 Å². The molecule has 2 aromatic rings. The lowest BCUT2D eigenvalue weighted by Crippen LogP contribution is -2.39. The molecule has 2 rings (SSSR count). The number of carbonyl (C=O) groups is 2. The monoisotopic (exact) mass is 359 g/mol. The molecule has 1 amide bonds. The molecule has 0 aromatic heterocycles. The third-order valence-electron chi connectivity index (χ3n) is 3.36. The van der Waals surface area contributed by atoms with Crippen molar-refractivity contribution in [1.82, 2.24) is 0 Å². The number of rotatable bonds is 4. The van der Waals surface area contributed by atoms with Gasteiger partial charge in [0, 0.05) is 18.2 Å². The maximum absolute atomic E-state index is 12.7. The van der Waals surface area contributed by atoms with E-state index < -0.39 is 4.32 Å². The first-order valence-electron chi connectivity index (χ1n) is 6.98. The van der Waals surface area contributed by atoms with Gasteiger partial charge < -0.3 is 4.90 Å². The Hall–Kier alpha value is -1.94. The van der Waals surface area contributed by atoms with Gasteiger partial charge in [0.15, 0.2) is 5.78 Å². The fourth-order valence-corrected chi connectivity index (χ4v) is 2.48. The van der Waals surface area contributed by atoms with E-state index in [-0.39, 0.29) is 11.7 Å². The number of hydrogen-bond acceptors (Lipinski definition) is 2. The SMILES string of the molecule is CN(C(=O)C(C)(C)Br)c1ccccc1C(=O)c1ccccc1. The maximum atomic E-state index is 12.7. The summed E-state index contributed by atoms with van der Waals surface area (Å²) in [5.74, 6) is -0.205. The fourth-order valence-electron chi connectivity index (χ4n) is 2.21. The van der Waals surface area contributed by atoms with Gasteiger partial charge in [0.2, 0.25) is 5.91 Å². The Morgan fingerprint density at radius 1 is 0.955 bits per heavy atom. The van der Waals surface area contributed by atoms with Gasteiger partial charge in [-0.3, -0.25) is 9.59 Å². The largest absolute Gasteiger partial charge is 0.314 e. The van der Waals surface area contributed by atoms with E-state index in [1.54, 1.807) is 51.2 Å². The van der Waals surface area contributed by atoms with E-state index in [4.69, 9.17) is 0 Å². The molecular formula is C18H18BrNO2. The molecular weight excluding hydrogens is 342 g/mol. The highest BCUT2D eigenvalue weighted by molar-refractivity contribution is 9.10. The smallest absolute Gasteiger partial charge is 0.243 e. The number of ketones is 1. The van der Waals surface area contributed by atoms with Crippen molar-refractivity contribution >= 4 is 33.3 Å². The Bertz CT molecular complexity index is 690. The molecule has 0 aliphatic rings. The summed E-state index contributed by atoms with van der Waals surface area (Å²) < 4.78 is -0.690. The molecule has 0 aliphatic carbocycles. The molecule has 3 nitrogen and oxygen atoms in total. The second kappa shape index (κ2) is 6.44. The molecule has 2 aromatic carbocycles. The van der Waals surface area contributed by atoms with Crippen LogP contribution in [0.1, 0.15) is 29.8 Å². The van der Waals surface area contributed by atoms with Crippen molar-refractivity contribution in [2.45, 2.75) is 18.2 Å². The Labute approximate surface area is 139 Å². The number of amides is 1. The summed E-state index contributed by atoms with van der Waals surface area (Å²) in [6.45, 7) is 3.57. The van der Waals surface area contributed by atoms with Gasteiger partial charge >= 0.3 is 0 Å². The van der Waals surface area contributed by atoms with Crippen molar-refractivity contribution in [2.75, 3.05) is 11.9 Å². The van der Waals surface area contributed by atoms with E-state index in [0.29, 0.717) is 16.8 Å². The Balaban J connectivity index is 2.44. The number of carbonyl (C=O) groups excluding carboxylic acids is 2. The lowest BCUT2D eigenvalue weighted by atomic mass is 10.0. The highest BCUT2D eigenvalue weighted by atomic mass is 79.9. The second-order valence-corrected chi connectivity index (χ2v) is 7.53. The standard InChI is InChI=1S/C18H18BrNO2/c1-18(2,19)17(22)20(3)15-12-8-7-11-14(15)16(21)13-9-5-4-6-10-13/h4-12H,1-3H3. The molecule has 0 saturated heterocycles. The van der Waals surface area contributed by atoms with Crippen LogP contribution in [0.3, 0.4) is 0 Å². The Morgan fingerprint density at radius 2 is 1.50 bits per heavy atom. The van der Waals surface area contributed by atoms with Crippen LogP contribution in [0.4, 0.5) is 5.69 Å². The van der Waals surface area contributed by atoms with Crippen LogP contribution in [-0.2, 0) is 4.79 Å². The molecule has 4 heteroatoms. The topological polar surface area (TPSA) is 37.4 Å². The van der Waals surface area contributed by atoms with E-state index >= 15 is 0 Å². The quantitative estimate of drug-likeness (QED) is 0.609. The van der Waals surface area contributed by atoms with Crippen LogP contribution in [0.2, 0.25) is 0 Å². The van der Waals surface area contributed by atoms with Gasteiger partial charge in [0.05, 0.1) is 10.0 Å². The van der Waals surface area contributed by atoms with Crippen LogP contribution in [0.15, 0.2) is 54.6 Å². The van der Waals surface area contributed by atoms with Gasteiger partial charge in [0.25, 0.3) is 0 Å². The van der Waals surface area contributed by atoms with Crippen LogP contribution in [-0.4, -0.2) is 23.1 Å². The molecule has 0 heterocycles. The first kappa shape index (κ1) is 16.4. The first-order chi connectivity index (χ1) is 10.3. The third-order valence-corrected chi connectivity index (χ3v) is 3.70. The number of benzene rings is 2. The zero-order valence-electron chi connectivity index (χ0n) is 12.8. The van der Waals surface area contributed by atoms with Crippen molar-refractivity contribution in [3.8, 4) is 0 Å². The van der Waals surface area contributed by atoms with Crippen molar-refractivity contribution in [3.63, 3.8) is 0 Å². The van der Waals surface area contributed by atoms with Crippen molar-refractivity contribution in [1.29, 1.82) is 0 Å². The third kappa shape index (κ3) is 3.45. The van der Waals surface area contributed by atoms with Gasteiger partial charge in [-0.1, -0.05) is 58.4 Å². The van der Waals surface area contributed by atoms with E-state index in [1.807, 2.05) is 24.3 Å². The van der Waals surface area contributed by atoms with Crippen molar-refractivity contribution in [3.05, 3.63) is 65.7 Å². The highest BCUT2D eigenvalue weighted by Crippen LogP contribution is 2.27. The van der Waals surface area contributed by atoms with Crippen LogP contribution < -0.4 is 4.90 Å². The van der Waals surface area contributed by atoms with Gasteiger partial charge in [-0.2, -0.15) is 0 Å². The molecule has 0 fully saturated rings. The van der Waals surface area contributed by atoms with Crippen molar-refractivity contribution < 1.29 is 9.59 Å². The molecule has 0 saturated carbocycles. The zero-order chi connectivity index (χ0) is 16.3. The first-order valence-corrected chi connectivity index (χ1v) is 7.77. The number of halogens is 1. The summed E-state index contributed by atoms with van der Waals surface area (Å²) in [5, 5.41) is 0. The van der Waals surface area contributed by atoms with Gasteiger partial charge in [-0.25, -0.2) is 0 Å². The van der Waals surface area contributed by atoms with Crippen LogP contribution in [0.5, 0.6) is 0 Å². The highest BCUT2D eigenvalue weighted by Gasteiger charge is 2.29. The molecule has 0 atom stereocenters. The summed E-state index contributed by atoms with van der Waals surface area (Å²) in [5.41, 5.74) is 1.73. The fraction of sp³-hybridized carbons (Fsp3) is 0.222. The van der Waals surface area contributed by atoms with Crippen LogP contribution in [0.25, 0.3) is 0 Å². The average Bonchev–Trinajstić information content (AvgIpc) is 2.52.